The maximum Gasteiger partial charge on any atom is 1.00 e. The summed E-state index contributed by atoms with van der Waals surface area (Å²) in [5, 5.41) is 1.12. The first kappa shape index (κ1) is 16.7. The van der Waals surface area contributed by atoms with Crippen molar-refractivity contribution < 1.29 is 64.3 Å². The Hall–Kier alpha value is -0.339. The molecule has 94 valence electrons. The maximum atomic E-state index is 12.4. The summed E-state index contributed by atoms with van der Waals surface area (Å²) in [6.07, 6.45) is 1.36. The zero-order valence-corrected chi connectivity index (χ0v) is 13.6. The quantitative estimate of drug-likeness (QED) is 0.727. The number of nitrogens with zero attached hydrogens (tertiary/aromatic N) is 1. The fourth-order valence-corrected chi connectivity index (χ4v) is 1.68. The molecule has 0 spiro atoms. The molecule has 2 nitrogen and oxygen atoms in total. The molecule has 2 aromatic rings. The van der Waals surface area contributed by atoms with Crippen LogP contribution in [0.25, 0.3) is 10.8 Å². The third-order valence-electron chi connectivity index (χ3n) is 2.72. The van der Waals surface area contributed by atoms with Crippen molar-refractivity contribution in [3.8, 4) is 0 Å². The predicted molar refractivity (Wildman–Crippen MR) is 66.4 cm³/mol. The molecule has 1 aromatic heterocycles. The SMILES string of the molecule is C=C(Cn1ccc2ccccc2c1=O)[B-](F)(F)F.[K+]. The van der Waals surface area contributed by atoms with Crippen LogP contribution < -0.4 is 56.9 Å². The molecular formula is C12H10BF3KNO. The molecule has 0 aliphatic rings. The largest absolute Gasteiger partial charge is 1.00 e. The van der Waals surface area contributed by atoms with Gasteiger partial charge in [0.25, 0.3) is 5.56 Å². The number of hydrogen-bond acceptors (Lipinski definition) is 1. The summed E-state index contributed by atoms with van der Waals surface area (Å²) in [6.45, 7) is -2.65. The first-order chi connectivity index (χ1) is 8.39. The van der Waals surface area contributed by atoms with E-state index in [2.05, 4.69) is 6.58 Å². The monoisotopic (exact) mass is 291 g/mol. The van der Waals surface area contributed by atoms with Crippen LogP contribution >= 0.6 is 0 Å². The van der Waals surface area contributed by atoms with E-state index >= 15 is 0 Å². The van der Waals surface area contributed by atoms with Gasteiger partial charge in [-0.25, -0.2) is 0 Å². The van der Waals surface area contributed by atoms with E-state index in [1.165, 1.54) is 6.20 Å². The molecule has 0 N–H and O–H groups in total. The van der Waals surface area contributed by atoms with Gasteiger partial charge in [0.15, 0.2) is 0 Å². The average molecular weight is 291 g/mol. The third-order valence-corrected chi connectivity index (χ3v) is 2.72. The smallest absolute Gasteiger partial charge is 0.445 e. The van der Waals surface area contributed by atoms with Crippen LogP contribution in [-0.4, -0.2) is 11.5 Å². The molecule has 0 aliphatic carbocycles. The van der Waals surface area contributed by atoms with E-state index in [1.807, 2.05) is 0 Å². The van der Waals surface area contributed by atoms with Crippen molar-refractivity contribution in [1.82, 2.24) is 4.57 Å². The number of rotatable bonds is 3. The molecule has 0 radical (unpaired) electrons. The van der Waals surface area contributed by atoms with Crippen LogP contribution in [-0.2, 0) is 6.54 Å². The Labute approximate surface area is 150 Å². The maximum absolute atomic E-state index is 12.4. The van der Waals surface area contributed by atoms with E-state index < -0.39 is 24.6 Å². The molecular weight excluding hydrogens is 281 g/mol. The van der Waals surface area contributed by atoms with Gasteiger partial charge in [-0.1, -0.05) is 18.2 Å². The van der Waals surface area contributed by atoms with Crippen LogP contribution in [0.15, 0.2) is 53.4 Å². The van der Waals surface area contributed by atoms with E-state index in [0.717, 1.165) is 4.57 Å². The Bertz CT molecular complexity index is 666. The second-order valence-electron chi connectivity index (χ2n) is 4.07. The number of hydrogen-bond donors (Lipinski definition) is 0. The molecule has 0 unspecified atom stereocenters. The summed E-state index contributed by atoms with van der Waals surface area (Å²) in [4.78, 5) is 12.0. The Morgan fingerprint density at radius 2 is 1.84 bits per heavy atom. The van der Waals surface area contributed by atoms with Gasteiger partial charge < -0.3 is 17.5 Å². The number of fused-ring (bicyclic) bond motifs is 1. The molecule has 1 heterocycles. The topological polar surface area (TPSA) is 22.0 Å². The molecule has 0 saturated carbocycles. The molecule has 19 heavy (non-hydrogen) atoms. The molecule has 0 fully saturated rings. The minimum absolute atomic E-state index is 0. The van der Waals surface area contributed by atoms with Gasteiger partial charge in [-0.2, -0.15) is 0 Å². The van der Waals surface area contributed by atoms with Crippen LogP contribution in [0.4, 0.5) is 12.9 Å². The Kier molecular flexibility index (Phi) is 5.64. The minimum Gasteiger partial charge on any atom is -0.445 e. The van der Waals surface area contributed by atoms with Gasteiger partial charge in [0, 0.05) is 18.1 Å². The standard InChI is InChI=1S/C12H10BF3NO.K/c1-9(13(14,15)16)8-17-7-6-10-4-2-3-5-11(10)12(17)18;/h2-7H,1,8H2;/q-1;+1. The van der Waals surface area contributed by atoms with Gasteiger partial charge in [-0.15, -0.1) is 12.1 Å². The third kappa shape index (κ3) is 3.82. The van der Waals surface area contributed by atoms with Gasteiger partial charge in [0.05, 0.1) is 0 Å². The molecule has 7 heteroatoms. The van der Waals surface area contributed by atoms with Crippen molar-refractivity contribution in [2.45, 2.75) is 6.54 Å². The van der Waals surface area contributed by atoms with Crippen molar-refractivity contribution in [2.24, 2.45) is 0 Å². The van der Waals surface area contributed by atoms with E-state index in [-0.39, 0.29) is 51.4 Å². The molecule has 0 atom stereocenters. The van der Waals surface area contributed by atoms with E-state index in [4.69, 9.17) is 0 Å². The molecule has 1 aromatic carbocycles. The van der Waals surface area contributed by atoms with Crippen molar-refractivity contribution >= 4 is 17.7 Å². The summed E-state index contributed by atoms with van der Waals surface area (Å²) in [5.41, 5.74) is -1.32. The van der Waals surface area contributed by atoms with Crippen LogP contribution in [0.5, 0.6) is 0 Å². The van der Waals surface area contributed by atoms with Gasteiger partial charge in [0.1, 0.15) is 0 Å². The second-order valence-corrected chi connectivity index (χ2v) is 4.07. The summed E-state index contributed by atoms with van der Waals surface area (Å²) < 4.78 is 38.3. The first-order valence-corrected chi connectivity index (χ1v) is 5.35. The van der Waals surface area contributed by atoms with Crippen LogP contribution in [0.1, 0.15) is 0 Å². The summed E-state index contributed by atoms with van der Waals surface area (Å²) >= 11 is 0. The molecule has 0 aliphatic heterocycles. The first-order valence-electron chi connectivity index (χ1n) is 5.35. The molecule has 0 bridgehead atoms. The molecule has 2 rings (SSSR count). The summed E-state index contributed by atoms with van der Waals surface area (Å²) in [5.74, 6) is 0. The van der Waals surface area contributed by atoms with Crippen LogP contribution in [0.3, 0.4) is 0 Å². The number of benzene rings is 1. The van der Waals surface area contributed by atoms with Gasteiger partial charge in [-0.05, 0) is 17.5 Å². The molecule has 0 saturated heterocycles. The second kappa shape index (κ2) is 6.41. The van der Waals surface area contributed by atoms with Crippen LogP contribution in [0, 0.1) is 0 Å². The van der Waals surface area contributed by atoms with Crippen molar-refractivity contribution in [2.75, 3.05) is 0 Å². The Morgan fingerprint density at radius 1 is 1.21 bits per heavy atom. The fourth-order valence-electron chi connectivity index (χ4n) is 1.68. The normalized spacial score (nSPS) is 11.1. The number of aromatic nitrogens is 1. The van der Waals surface area contributed by atoms with E-state index in [9.17, 15) is 17.7 Å². The predicted octanol–water partition coefficient (Wildman–Crippen LogP) is -0.0517. The summed E-state index contributed by atoms with van der Waals surface area (Å²) in [7, 11) is 0. The zero-order chi connectivity index (χ0) is 13.3. The van der Waals surface area contributed by atoms with Crippen molar-refractivity contribution in [1.29, 1.82) is 0 Å². The number of allylic oxidation sites excluding steroid dienone is 1. The molecule has 0 amide bonds. The van der Waals surface area contributed by atoms with Crippen LogP contribution in [0.2, 0.25) is 0 Å². The van der Waals surface area contributed by atoms with Crippen molar-refractivity contribution in [3.05, 3.63) is 58.9 Å². The van der Waals surface area contributed by atoms with Crippen molar-refractivity contribution in [3.63, 3.8) is 0 Å². The average Bonchev–Trinajstić information content (AvgIpc) is 2.32. The Morgan fingerprint density at radius 3 is 2.47 bits per heavy atom. The number of pyridine rings is 1. The summed E-state index contributed by atoms with van der Waals surface area (Å²) in [6, 6.07) is 8.40. The van der Waals surface area contributed by atoms with E-state index in [1.54, 1.807) is 30.3 Å². The minimum atomic E-state index is -5.11. The van der Waals surface area contributed by atoms with E-state index in [0.29, 0.717) is 10.8 Å². The zero-order valence-electron chi connectivity index (χ0n) is 10.4. The Balaban J connectivity index is 0.00000180. The van der Waals surface area contributed by atoms with Gasteiger partial charge in [0.2, 0.25) is 0 Å². The fraction of sp³-hybridized carbons (Fsp3) is 0.0833. The van der Waals surface area contributed by atoms with Gasteiger partial charge >= 0.3 is 58.4 Å². The van der Waals surface area contributed by atoms with Gasteiger partial charge in [-0.3, -0.25) is 4.79 Å². The number of halogens is 3.